The van der Waals surface area contributed by atoms with Crippen molar-refractivity contribution in [2.45, 2.75) is 19.8 Å². The molecule has 56 valence electrons. The second-order valence-corrected chi connectivity index (χ2v) is 2.30. The number of carboxylic acid groups (broad SMARTS) is 1. The minimum atomic E-state index is -1.03. The maximum absolute atomic E-state index is 10.1. The Kier molecular flexibility index (Phi) is 4.76. The van der Waals surface area contributed by atoms with Gasteiger partial charge < -0.3 is 5.11 Å². The summed E-state index contributed by atoms with van der Waals surface area (Å²) in [6, 6.07) is 0. The summed E-state index contributed by atoms with van der Waals surface area (Å²) in [7, 11) is 0. The first-order valence-electron chi connectivity index (χ1n) is 3.12. The first-order valence-corrected chi connectivity index (χ1v) is 3.53. The van der Waals surface area contributed by atoms with Crippen LogP contribution in [0.2, 0.25) is 0 Å². The number of carbonyl (C=O) groups is 1. The molecule has 0 atom stereocenters. The van der Waals surface area contributed by atoms with Crippen molar-refractivity contribution >= 4 is 23.1 Å². The summed E-state index contributed by atoms with van der Waals surface area (Å²) < 4.78 is 0. The summed E-state index contributed by atoms with van der Waals surface area (Å²) in [5.74, 6) is -1.03. The molecule has 0 bridgehead atoms. The van der Waals surface area contributed by atoms with Crippen LogP contribution < -0.4 is 0 Å². The van der Waals surface area contributed by atoms with Crippen molar-refractivity contribution in [3.63, 3.8) is 0 Å². The summed E-state index contributed by atoms with van der Waals surface area (Å²) in [5, 5.41) is 8.29. The molecule has 0 spiro atoms. The second-order valence-electron chi connectivity index (χ2n) is 1.86. The number of thiocarbonyl (C=S) groups is 1. The monoisotopic (exact) mass is 158 g/mol. The van der Waals surface area contributed by atoms with Crippen LogP contribution in [0.4, 0.5) is 0 Å². The molecular weight excluding hydrogens is 148 g/mol. The van der Waals surface area contributed by atoms with E-state index in [0.29, 0.717) is 0 Å². The molecule has 0 saturated carbocycles. The molecule has 0 aliphatic rings. The standard InChI is InChI=1S/C7H10O2S/c1-2-3-4-5-6(10)7(8)9/h4-5H,2-3H2,1H3,(H,8,9)/b5-4-. The van der Waals surface area contributed by atoms with Crippen LogP contribution in [0.15, 0.2) is 12.2 Å². The number of hydrogen-bond donors (Lipinski definition) is 1. The molecule has 0 fully saturated rings. The van der Waals surface area contributed by atoms with Gasteiger partial charge in [-0.05, 0) is 12.5 Å². The Hall–Kier alpha value is -0.700. The number of aliphatic carboxylic acids is 1. The first kappa shape index (κ1) is 9.30. The van der Waals surface area contributed by atoms with Crippen LogP contribution in [0.1, 0.15) is 19.8 Å². The normalized spacial score (nSPS) is 10.1. The molecule has 3 heteroatoms. The predicted octanol–water partition coefficient (Wildman–Crippen LogP) is 1.80. The smallest absolute Gasteiger partial charge is 0.346 e. The number of hydrogen-bond acceptors (Lipinski definition) is 2. The van der Waals surface area contributed by atoms with Crippen LogP contribution in [0.3, 0.4) is 0 Å². The molecule has 0 saturated heterocycles. The molecule has 10 heavy (non-hydrogen) atoms. The number of carboxylic acids is 1. The molecule has 0 aromatic heterocycles. The van der Waals surface area contributed by atoms with Crippen molar-refractivity contribution in [3.8, 4) is 0 Å². The van der Waals surface area contributed by atoms with Crippen LogP contribution in [0, 0.1) is 0 Å². The van der Waals surface area contributed by atoms with Crippen LogP contribution in [0.5, 0.6) is 0 Å². The quantitative estimate of drug-likeness (QED) is 0.500. The van der Waals surface area contributed by atoms with Gasteiger partial charge in [0.1, 0.15) is 4.86 Å². The highest BCUT2D eigenvalue weighted by Crippen LogP contribution is 1.90. The van der Waals surface area contributed by atoms with Crippen molar-refractivity contribution in [3.05, 3.63) is 12.2 Å². The lowest BCUT2D eigenvalue weighted by Gasteiger charge is -1.86. The van der Waals surface area contributed by atoms with Crippen molar-refractivity contribution < 1.29 is 9.90 Å². The van der Waals surface area contributed by atoms with E-state index < -0.39 is 5.97 Å². The topological polar surface area (TPSA) is 37.3 Å². The Labute approximate surface area is 65.6 Å². The first-order chi connectivity index (χ1) is 4.68. The van der Waals surface area contributed by atoms with Crippen molar-refractivity contribution in [2.75, 3.05) is 0 Å². The van der Waals surface area contributed by atoms with E-state index in [1.165, 1.54) is 6.08 Å². The van der Waals surface area contributed by atoms with E-state index >= 15 is 0 Å². The minimum Gasteiger partial charge on any atom is -0.477 e. The van der Waals surface area contributed by atoms with Crippen LogP contribution >= 0.6 is 12.2 Å². The highest BCUT2D eigenvalue weighted by molar-refractivity contribution is 7.82. The van der Waals surface area contributed by atoms with E-state index in [1.807, 2.05) is 6.92 Å². The molecule has 0 aromatic carbocycles. The second kappa shape index (κ2) is 5.11. The van der Waals surface area contributed by atoms with E-state index in [-0.39, 0.29) is 4.86 Å². The predicted molar refractivity (Wildman–Crippen MR) is 44.3 cm³/mol. The summed E-state index contributed by atoms with van der Waals surface area (Å²) in [5.41, 5.74) is 0. The van der Waals surface area contributed by atoms with Gasteiger partial charge in [0, 0.05) is 0 Å². The molecule has 0 amide bonds. The maximum Gasteiger partial charge on any atom is 0.346 e. The van der Waals surface area contributed by atoms with Gasteiger partial charge in [-0.15, -0.1) is 0 Å². The number of allylic oxidation sites excluding steroid dienone is 1. The van der Waals surface area contributed by atoms with Crippen molar-refractivity contribution in [1.82, 2.24) is 0 Å². The van der Waals surface area contributed by atoms with E-state index in [9.17, 15) is 4.79 Å². The van der Waals surface area contributed by atoms with Gasteiger partial charge in [0.2, 0.25) is 0 Å². The molecule has 0 radical (unpaired) electrons. The van der Waals surface area contributed by atoms with Gasteiger partial charge in [0.05, 0.1) is 0 Å². The lowest BCUT2D eigenvalue weighted by Crippen LogP contribution is -2.05. The van der Waals surface area contributed by atoms with E-state index in [4.69, 9.17) is 5.11 Å². The van der Waals surface area contributed by atoms with Crippen LogP contribution in [-0.4, -0.2) is 15.9 Å². The lowest BCUT2D eigenvalue weighted by atomic mass is 10.3. The zero-order chi connectivity index (χ0) is 7.98. The van der Waals surface area contributed by atoms with Crippen molar-refractivity contribution in [2.24, 2.45) is 0 Å². The SMILES string of the molecule is CCC/C=C\C(=S)C(=O)O. The molecule has 0 unspecified atom stereocenters. The third kappa shape index (κ3) is 4.21. The lowest BCUT2D eigenvalue weighted by molar-refractivity contribution is -0.129. The highest BCUT2D eigenvalue weighted by atomic mass is 32.1. The molecule has 0 rings (SSSR count). The average Bonchev–Trinajstić information content (AvgIpc) is 1.88. The molecule has 0 aliphatic carbocycles. The Morgan fingerprint density at radius 1 is 1.70 bits per heavy atom. The Bertz CT molecular complexity index is 161. The zero-order valence-electron chi connectivity index (χ0n) is 5.83. The molecular formula is C7H10O2S. The largest absolute Gasteiger partial charge is 0.477 e. The molecule has 1 N–H and O–H groups in total. The van der Waals surface area contributed by atoms with Gasteiger partial charge >= 0.3 is 5.97 Å². The molecule has 0 heterocycles. The summed E-state index contributed by atoms with van der Waals surface area (Å²) in [4.78, 5) is 10.1. The van der Waals surface area contributed by atoms with Gasteiger partial charge in [0.25, 0.3) is 0 Å². The van der Waals surface area contributed by atoms with Crippen LogP contribution in [-0.2, 0) is 4.79 Å². The van der Waals surface area contributed by atoms with E-state index in [1.54, 1.807) is 6.08 Å². The Balaban J connectivity index is 3.67. The average molecular weight is 158 g/mol. The van der Waals surface area contributed by atoms with Crippen LogP contribution in [0.25, 0.3) is 0 Å². The van der Waals surface area contributed by atoms with E-state index in [2.05, 4.69) is 12.2 Å². The molecule has 0 aliphatic heterocycles. The zero-order valence-corrected chi connectivity index (χ0v) is 6.65. The van der Waals surface area contributed by atoms with E-state index in [0.717, 1.165) is 12.8 Å². The van der Waals surface area contributed by atoms with Gasteiger partial charge in [-0.3, -0.25) is 0 Å². The van der Waals surface area contributed by atoms with Gasteiger partial charge in [-0.2, -0.15) is 0 Å². The Morgan fingerprint density at radius 3 is 2.70 bits per heavy atom. The van der Waals surface area contributed by atoms with Gasteiger partial charge in [-0.1, -0.05) is 31.6 Å². The number of rotatable bonds is 4. The fraction of sp³-hybridized carbons (Fsp3) is 0.429. The summed E-state index contributed by atoms with van der Waals surface area (Å²) in [6.45, 7) is 2.02. The maximum atomic E-state index is 10.1. The fourth-order valence-corrected chi connectivity index (χ4v) is 0.525. The van der Waals surface area contributed by atoms with Gasteiger partial charge in [0.15, 0.2) is 0 Å². The third-order valence-corrected chi connectivity index (χ3v) is 1.25. The Morgan fingerprint density at radius 2 is 2.30 bits per heavy atom. The third-order valence-electron chi connectivity index (χ3n) is 0.935. The molecule has 0 aromatic rings. The summed E-state index contributed by atoms with van der Waals surface area (Å²) >= 11 is 4.50. The van der Waals surface area contributed by atoms with Gasteiger partial charge in [-0.25, -0.2) is 4.79 Å². The minimum absolute atomic E-state index is 0.0200. The highest BCUT2D eigenvalue weighted by Gasteiger charge is 1.98. The fourth-order valence-electron chi connectivity index (χ4n) is 0.428. The number of unbranched alkanes of at least 4 members (excludes halogenated alkanes) is 1. The molecule has 2 nitrogen and oxygen atoms in total. The summed E-state index contributed by atoms with van der Waals surface area (Å²) in [6.07, 6.45) is 5.13. The van der Waals surface area contributed by atoms with Crippen molar-refractivity contribution in [1.29, 1.82) is 0 Å².